The zero-order chi connectivity index (χ0) is 9.94. The molecule has 0 radical (unpaired) electrons. The van der Waals surface area contributed by atoms with Gasteiger partial charge in [0.1, 0.15) is 0 Å². The molecular weight excluding hydrogens is 168 g/mol. The fourth-order valence-corrected chi connectivity index (χ4v) is 0.670. The molecule has 1 rings (SSSR count). The second-order valence-corrected chi connectivity index (χ2v) is 2.25. The van der Waals surface area contributed by atoms with E-state index in [1.54, 1.807) is 0 Å². The van der Waals surface area contributed by atoms with E-state index in [1.807, 2.05) is 37.3 Å². The van der Waals surface area contributed by atoms with Gasteiger partial charge in [-0.2, -0.15) is 0 Å². The molecule has 0 saturated carbocycles. The molecule has 0 aliphatic heterocycles. The molecule has 0 atom stereocenters. The van der Waals surface area contributed by atoms with Gasteiger partial charge in [0, 0.05) is 0 Å². The number of benzene rings is 1. The Hall–Kier alpha value is -0.940. The van der Waals surface area contributed by atoms with Crippen LogP contribution in [0.5, 0.6) is 0 Å². The summed E-state index contributed by atoms with van der Waals surface area (Å²) in [6, 6.07) is 9.79. The summed E-state index contributed by atoms with van der Waals surface area (Å²) in [7, 11) is 0. The Balaban J connectivity index is 0.000000310. The molecule has 0 heterocycles. The average Bonchev–Trinajstić information content (AvgIpc) is 2.20. The van der Waals surface area contributed by atoms with Crippen molar-refractivity contribution < 1.29 is 9.68 Å². The monoisotopic (exact) mass is 184 g/mol. The summed E-state index contributed by atoms with van der Waals surface area (Å²) < 4.78 is 0. The highest BCUT2D eigenvalue weighted by Gasteiger charge is 1.85. The van der Waals surface area contributed by atoms with Crippen molar-refractivity contribution in [1.29, 1.82) is 0 Å². The first-order valence-electron chi connectivity index (χ1n) is 4.02. The third kappa shape index (κ3) is 7.42. The molecule has 74 valence electrons. The van der Waals surface area contributed by atoms with E-state index in [2.05, 4.69) is 15.6 Å². The van der Waals surface area contributed by atoms with Crippen LogP contribution in [-0.2, 0) is 16.3 Å². The largest absolute Gasteiger partial charge is 0.305 e. The van der Waals surface area contributed by atoms with Crippen molar-refractivity contribution in [1.82, 2.24) is 0 Å². The second-order valence-electron chi connectivity index (χ2n) is 2.25. The van der Waals surface area contributed by atoms with Crippen molar-refractivity contribution in [3.8, 4) is 0 Å². The molecule has 0 unspecified atom stereocenters. The first kappa shape index (κ1) is 12.1. The average molecular weight is 184 g/mol. The Morgan fingerprint density at radius 1 is 1.08 bits per heavy atom. The molecule has 1 aromatic rings. The van der Waals surface area contributed by atoms with Gasteiger partial charge in [-0.05, 0) is 12.5 Å². The van der Waals surface area contributed by atoms with E-state index in [1.165, 1.54) is 0 Å². The molecule has 4 N–H and O–H groups in total. The maximum absolute atomic E-state index is 4.86. The van der Waals surface area contributed by atoms with Gasteiger partial charge in [0.2, 0.25) is 0 Å². The second kappa shape index (κ2) is 9.15. The molecule has 4 nitrogen and oxygen atoms in total. The Morgan fingerprint density at radius 3 is 2.00 bits per heavy atom. The molecule has 0 aromatic heterocycles. The summed E-state index contributed by atoms with van der Waals surface area (Å²) in [6.45, 7) is 2.92. The molecule has 0 bridgehead atoms. The Labute approximate surface area is 78.3 Å². The number of hydrogen-bond acceptors (Lipinski definition) is 4. The summed E-state index contributed by atoms with van der Waals surface area (Å²) in [5.74, 6) is 9.39. The Morgan fingerprint density at radius 2 is 1.62 bits per heavy atom. The summed E-state index contributed by atoms with van der Waals surface area (Å²) >= 11 is 0. The van der Waals surface area contributed by atoms with Gasteiger partial charge in [0.05, 0.1) is 13.2 Å². The van der Waals surface area contributed by atoms with Crippen molar-refractivity contribution in [2.24, 2.45) is 11.8 Å². The van der Waals surface area contributed by atoms with E-state index < -0.39 is 0 Å². The van der Waals surface area contributed by atoms with Crippen LogP contribution < -0.4 is 11.8 Å². The molecular formula is C9H16N2O2. The van der Waals surface area contributed by atoms with Gasteiger partial charge >= 0.3 is 0 Å². The van der Waals surface area contributed by atoms with E-state index in [4.69, 9.17) is 5.90 Å². The van der Waals surface area contributed by atoms with Crippen molar-refractivity contribution in [2.45, 2.75) is 13.5 Å². The van der Waals surface area contributed by atoms with Crippen LogP contribution >= 0.6 is 0 Å². The molecule has 0 spiro atoms. The van der Waals surface area contributed by atoms with Gasteiger partial charge in [-0.1, -0.05) is 30.3 Å². The Kier molecular flexibility index (Phi) is 8.49. The highest BCUT2D eigenvalue weighted by atomic mass is 16.6. The van der Waals surface area contributed by atoms with Crippen LogP contribution in [0.3, 0.4) is 0 Å². The molecule has 0 aliphatic rings. The first-order valence-corrected chi connectivity index (χ1v) is 4.02. The van der Waals surface area contributed by atoms with E-state index in [9.17, 15) is 0 Å². The minimum absolute atomic E-state index is 0.487. The summed E-state index contributed by atoms with van der Waals surface area (Å²) in [5, 5.41) is 0. The zero-order valence-electron chi connectivity index (χ0n) is 7.77. The standard InChI is InChI=1S/C7H9NO.C2H7NO/c8-9-6-7-4-2-1-3-5-7;1-2-4-3/h1-5H,6,8H2;2-3H2,1H3. The van der Waals surface area contributed by atoms with Gasteiger partial charge in [0.25, 0.3) is 0 Å². The minimum Gasteiger partial charge on any atom is -0.305 e. The van der Waals surface area contributed by atoms with Crippen molar-refractivity contribution in [3.63, 3.8) is 0 Å². The van der Waals surface area contributed by atoms with Crippen LogP contribution in [0, 0.1) is 0 Å². The van der Waals surface area contributed by atoms with E-state index in [0.29, 0.717) is 13.2 Å². The molecule has 13 heavy (non-hydrogen) atoms. The van der Waals surface area contributed by atoms with Crippen LogP contribution in [0.2, 0.25) is 0 Å². The molecule has 1 aromatic carbocycles. The molecule has 0 saturated heterocycles. The lowest BCUT2D eigenvalue weighted by molar-refractivity contribution is 0.124. The summed E-state index contributed by atoms with van der Waals surface area (Å²) in [6.07, 6.45) is 0. The lowest BCUT2D eigenvalue weighted by Gasteiger charge is -1.94. The highest BCUT2D eigenvalue weighted by Crippen LogP contribution is 1.97. The zero-order valence-corrected chi connectivity index (χ0v) is 7.77. The Bertz CT molecular complexity index is 190. The van der Waals surface area contributed by atoms with E-state index in [-0.39, 0.29) is 0 Å². The fourth-order valence-electron chi connectivity index (χ4n) is 0.670. The van der Waals surface area contributed by atoms with Crippen molar-refractivity contribution >= 4 is 0 Å². The molecule has 0 fully saturated rings. The summed E-state index contributed by atoms with van der Waals surface area (Å²) in [4.78, 5) is 8.47. The maximum atomic E-state index is 4.86. The van der Waals surface area contributed by atoms with Crippen LogP contribution in [0.25, 0.3) is 0 Å². The van der Waals surface area contributed by atoms with Gasteiger partial charge in [-0.15, -0.1) is 0 Å². The third-order valence-corrected chi connectivity index (χ3v) is 1.26. The number of hydrogen-bond donors (Lipinski definition) is 2. The summed E-state index contributed by atoms with van der Waals surface area (Å²) in [5.41, 5.74) is 1.10. The van der Waals surface area contributed by atoms with Crippen molar-refractivity contribution in [3.05, 3.63) is 35.9 Å². The maximum Gasteiger partial charge on any atom is 0.0930 e. The predicted molar refractivity (Wildman–Crippen MR) is 51.2 cm³/mol. The number of rotatable bonds is 3. The first-order chi connectivity index (χ1) is 6.35. The smallest absolute Gasteiger partial charge is 0.0930 e. The van der Waals surface area contributed by atoms with E-state index in [0.717, 1.165) is 5.56 Å². The van der Waals surface area contributed by atoms with Crippen LogP contribution in [-0.4, -0.2) is 6.61 Å². The topological polar surface area (TPSA) is 70.5 Å². The van der Waals surface area contributed by atoms with E-state index >= 15 is 0 Å². The normalized spacial score (nSPS) is 8.85. The van der Waals surface area contributed by atoms with Gasteiger partial charge in [0.15, 0.2) is 0 Å². The fraction of sp³-hybridized carbons (Fsp3) is 0.333. The quantitative estimate of drug-likeness (QED) is 0.687. The lowest BCUT2D eigenvalue weighted by Crippen LogP contribution is -1.97. The molecule has 0 amide bonds. The molecule has 0 aliphatic carbocycles. The number of nitrogens with two attached hydrogens (primary N) is 2. The lowest BCUT2D eigenvalue weighted by atomic mass is 10.2. The van der Waals surface area contributed by atoms with Gasteiger partial charge in [-0.25, -0.2) is 11.8 Å². The third-order valence-electron chi connectivity index (χ3n) is 1.26. The SMILES string of the molecule is CCON.NOCc1ccccc1. The minimum atomic E-state index is 0.487. The molecule has 4 heteroatoms. The van der Waals surface area contributed by atoms with Crippen LogP contribution in [0.15, 0.2) is 30.3 Å². The highest BCUT2D eigenvalue weighted by molar-refractivity contribution is 5.13. The predicted octanol–water partition coefficient (Wildman–Crippen LogP) is 0.973. The van der Waals surface area contributed by atoms with Gasteiger partial charge in [-0.3, -0.25) is 4.84 Å². The van der Waals surface area contributed by atoms with Gasteiger partial charge < -0.3 is 4.84 Å². The van der Waals surface area contributed by atoms with Crippen LogP contribution in [0.1, 0.15) is 12.5 Å². The van der Waals surface area contributed by atoms with Crippen molar-refractivity contribution in [2.75, 3.05) is 6.61 Å². The van der Waals surface area contributed by atoms with Crippen LogP contribution in [0.4, 0.5) is 0 Å².